The summed E-state index contributed by atoms with van der Waals surface area (Å²) in [6.07, 6.45) is 0.285. The van der Waals surface area contributed by atoms with Crippen molar-refractivity contribution in [3.8, 4) is 0 Å². The first kappa shape index (κ1) is 8.49. The molecule has 0 aromatic heterocycles. The maximum Gasteiger partial charge on any atom is 0.159 e. The van der Waals surface area contributed by atoms with Crippen LogP contribution in [-0.2, 0) is 4.43 Å². The molecule has 1 aromatic rings. The summed E-state index contributed by atoms with van der Waals surface area (Å²) in [5.41, 5.74) is 1.28. The summed E-state index contributed by atoms with van der Waals surface area (Å²) in [4.78, 5) is 0. The molecule has 0 fully saturated rings. The van der Waals surface area contributed by atoms with Crippen LogP contribution in [0.4, 0.5) is 0 Å². The Labute approximate surface area is 70.3 Å². The summed E-state index contributed by atoms with van der Waals surface area (Å²) >= 11 is 0. The molecule has 1 aromatic carbocycles. The topological polar surface area (TPSA) is 9.23 Å². The van der Waals surface area contributed by atoms with E-state index in [-0.39, 0.29) is 15.9 Å². The second-order valence-corrected chi connectivity index (χ2v) is 3.42. The average Bonchev–Trinajstić information content (AvgIpc) is 2.07. The van der Waals surface area contributed by atoms with Crippen molar-refractivity contribution in [2.75, 3.05) is 0 Å². The maximum absolute atomic E-state index is 5.57. The molecule has 0 radical (unpaired) electrons. The fraction of sp³-hybridized carbons (Fsp3) is 0.333. The first-order valence-electron chi connectivity index (χ1n) is 4.01. The van der Waals surface area contributed by atoms with Crippen LogP contribution in [-0.4, -0.2) is 9.76 Å². The van der Waals surface area contributed by atoms with Gasteiger partial charge in [0.25, 0.3) is 0 Å². The van der Waals surface area contributed by atoms with E-state index < -0.39 is 0 Å². The molecule has 1 rings (SSSR count). The van der Waals surface area contributed by atoms with Crippen molar-refractivity contribution in [3.63, 3.8) is 0 Å². The minimum absolute atomic E-state index is 0.277. The van der Waals surface area contributed by atoms with Crippen molar-refractivity contribution in [2.45, 2.75) is 19.6 Å². The first-order valence-corrected chi connectivity index (χ1v) is 6.00. The van der Waals surface area contributed by atoms with E-state index in [2.05, 4.69) is 25.6 Å². The Morgan fingerprint density at radius 1 is 1.27 bits per heavy atom. The van der Waals surface area contributed by atoms with Gasteiger partial charge in [-0.3, -0.25) is 0 Å². The van der Waals surface area contributed by atoms with Gasteiger partial charge >= 0.3 is 0 Å². The lowest BCUT2D eigenvalue weighted by Crippen LogP contribution is -2.00. The van der Waals surface area contributed by atoms with Gasteiger partial charge in [0.15, 0.2) is 9.76 Å². The highest BCUT2D eigenvalue weighted by molar-refractivity contribution is 6.24. The van der Waals surface area contributed by atoms with Gasteiger partial charge in [-0.2, -0.15) is 0 Å². The van der Waals surface area contributed by atoms with Gasteiger partial charge in [0.05, 0.1) is 6.10 Å². The minimum atomic E-state index is -0.277. The lowest BCUT2D eigenvalue weighted by molar-refractivity contribution is 0.242. The Bertz CT molecular complexity index is 198. The van der Waals surface area contributed by atoms with Gasteiger partial charge in [-0.15, -0.1) is 0 Å². The van der Waals surface area contributed by atoms with Crippen LogP contribution in [0.5, 0.6) is 0 Å². The average molecular weight is 166 g/mol. The summed E-state index contributed by atoms with van der Waals surface area (Å²) < 4.78 is 5.57. The zero-order valence-corrected chi connectivity index (χ0v) is 8.49. The monoisotopic (exact) mass is 166 g/mol. The minimum Gasteiger partial charge on any atom is -0.418 e. The Balaban J connectivity index is 2.61. The number of benzene rings is 1. The van der Waals surface area contributed by atoms with Crippen molar-refractivity contribution < 1.29 is 4.43 Å². The summed E-state index contributed by atoms with van der Waals surface area (Å²) in [6, 6.07) is 10.3. The van der Waals surface area contributed by atoms with E-state index in [1.165, 1.54) is 5.56 Å². The molecule has 0 amide bonds. The second kappa shape index (κ2) is 4.31. The van der Waals surface area contributed by atoms with Crippen LogP contribution in [0.25, 0.3) is 0 Å². The fourth-order valence-corrected chi connectivity index (χ4v) is 1.76. The lowest BCUT2D eigenvalue weighted by atomic mass is 10.1. The predicted molar refractivity (Wildman–Crippen MR) is 50.4 cm³/mol. The van der Waals surface area contributed by atoms with Crippen molar-refractivity contribution in [2.24, 2.45) is 0 Å². The predicted octanol–water partition coefficient (Wildman–Crippen LogP) is 1.90. The highest BCUT2D eigenvalue weighted by Crippen LogP contribution is 2.14. The van der Waals surface area contributed by atoms with E-state index in [4.69, 9.17) is 4.43 Å². The van der Waals surface area contributed by atoms with E-state index in [1.54, 1.807) is 0 Å². The lowest BCUT2D eigenvalue weighted by Gasteiger charge is -2.11. The molecular formula is C9H14OSi. The van der Waals surface area contributed by atoms with Crippen LogP contribution < -0.4 is 0 Å². The van der Waals surface area contributed by atoms with Crippen molar-refractivity contribution in [3.05, 3.63) is 35.9 Å². The molecule has 0 heterocycles. The molecule has 2 heteroatoms. The molecular weight excluding hydrogens is 152 g/mol. The molecule has 0 spiro atoms. The van der Waals surface area contributed by atoms with Gasteiger partial charge in [0, 0.05) is 0 Å². The van der Waals surface area contributed by atoms with Gasteiger partial charge < -0.3 is 4.43 Å². The van der Waals surface area contributed by atoms with Gasteiger partial charge in [-0.1, -0.05) is 36.9 Å². The highest BCUT2D eigenvalue weighted by atomic mass is 28.2. The standard InChI is InChI=1S/C9H14OSi/c1-8(10-11-2)9-6-4-3-5-7-9/h3-8H,11H2,1-2H3. The third kappa shape index (κ3) is 2.48. The van der Waals surface area contributed by atoms with Crippen LogP contribution in [0.2, 0.25) is 6.55 Å². The van der Waals surface area contributed by atoms with Crippen LogP contribution >= 0.6 is 0 Å². The summed E-state index contributed by atoms with van der Waals surface area (Å²) in [7, 11) is -0.277. The first-order chi connectivity index (χ1) is 5.34. The van der Waals surface area contributed by atoms with Crippen LogP contribution in [0.15, 0.2) is 30.3 Å². The summed E-state index contributed by atoms with van der Waals surface area (Å²) in [6.45, 7) is 4.26. The molecule has 0 saturated carbocycles. The summed E-state index contributed by atoms with van der Waals surface area (Å²) in [5, 5.41) is 0. The number of rotatable bonds is 3. The molecule has 0 aliphatic rings. The zero-order valence-electron chi connectivity index (χ0n) is 7.08. The van der Waals surface area contributed by atoms with Crippen molar-refractivity contribution >= 4 is 9.76 Å². The highest BCUT2D eigenvalue weighted by Gasteiger charge is 2.01. The Morgan fingerprint density at radius 3 is 2.45 bits per heavy atom. The van der Waals surface area contributed by atoms with E-state index in [0.29, 0.717) is 0 Å². The molecule has 1 atom stereocenters. The smallest absolute Gasteiger partial charge is 0.159 e. The van der Waals surface area contributed by atoms with Crippen molar-refractivity contribution in [1.82, 2.24) is 0 Å². The molecule has 1 unspecified atom stereocenters. The van der Waals surface area contributed by atoms with Gasteiger partial charge in [0.2, 0.25) is 0 Å². The third-order valence-electron chi connectivity index (χ3n) is 1.69. The Hall–Kier alpha value is -0.603. The quantitative estimate of drug-likeness (QED) is 0.623. The SMILES string of the molecule is C[SiH2]OC(C)c1ccccc1. The number of hydrogen-bond donors (Lipinski definition) is 0. The normalized spacial score (nSPS) is 14.0. The Morgan fingerprint density at radius 2 is 1.91 bits per heavy atom. The van der Waals surface area contributed by atoms with E-state index in [1.807, 2.05) is 18.2 Å². The second-order valence-electron chi connectivity index (χ2n) is 2.51. The van der Waals surface area contributed by atoms with Gasteiger partial charge in [0.1, 0.15) is 0 Å². The van der Waals surface area contributed by atoms with Gasteiger partial charge in [-0.25, -0.2) is 0 Å². The number of hydrogen-bond acceptors (Lipinski definition) is 1. The van der Waals surface area contributed by atoms with Crippen LogP contribution in [0.1, 0.15) is 18.6 Å². The molecule has 0 saturated heterocycles. The van der Waals surface area contributed by atoms with E-state index >= 15 is 0 Å². The third-order valence-corrected chi connectivity index (χ3v) is 2.52. The van der Waals surface area contributed by atoms with E-state index in [0.717, 1.165) is 0 Å². The van der Waals surface area contributed by atoms with Gasteiger partial charge in [-0.05, 0) is 12.5 Å². The summed E-state index contributed by atoms with van der Waals surface area (Å²) in [5.74, 6) is 0. The molecule has 60 valence electrons. The van der Waals surface area contributed by atoms with E-state index in [9.17, 15) is 0 Å². The Kier molecular flexibility index (Phi) is 3.33. The zero-order chi connectivity index (χ0) is 8.10. The van der Waals surface area contributed by atoms with Crippen LogP contribution in [0.3, 0.4) is 0 Å². The van der Waals surface area contributed by atoms with Crippen LogP contribution in [0, 0.1) is 0 Å². The molecule has 1 nitrogen and oxygen atoms in total. The molecule has 0 bridgehead atoms. The molecule has 0 aliphatic carbocycles. The maximum atomic E-state index is 5.57. The van der Waals surface area contributed by atoms with Crippen molar-refractivity contribution in [1.29, 1.82) is 0 Å². The molecule has 0 N–H and O–H groups in total. The molecule has 11 heavy (non-hydrogen) atoms. The fourth-order valence-electron chi connectivity index (χ4n) is 1.07. The largest absolute Gasteiger partial charge is 0.418 e. The molecule has 0 aliphatic heterocycles.